The monoisotopic (exact) mass is 1960 g/mol. The van der Waals surface area contributed by atoms with Crippen molar-refractivity contribution in [2.24, 2.45) is 0 Å². The highest BCUT2D eigenvalue weighted by Gasteiger charge is 2.57. The van der Waals surface area contributed by atoms with Gasteiger partial charge >= 0.3 is 20.2 Å². The van der Waals surface area contributed by atoms with Gasteiger partial charge in [0.1, 0.15) is 35.4 Å². The second-order valence-electron chi connectivity index (χ2n) is 36.5. The molecule has 0 aliphatic carbocycles. The van der Waals surface area contributed by atoms with Gasteiger partial charge in [0.15, 0.2) is 4.62 Å². The molecule has 11 nitrogen and oxygen atoms in total. The van der Waals surface area contributed by atoms with Crippen LogP contribution in [0.1, 0.15) is 103 Å². The number of methoxy groups -OCH3 is 4. The average molecular weight is 1960 g/mol. The third-order valence-corrected chi connectivity index (χ3v) is 40.1. The molecule has 0 unspecified atom stereocenters. The molecule has 0 saturated heterocycles. The third kappa shape index (κ3) is 16.4. The van der Waals surface area contributed by atoms with Gasteiger partial charge in [0.25, 0.3) is 0 Å². The van der Waals surface area contributed by atoms with Crippen LogP contribution in [0.4, 0.5) is 34.1 Å². The minimum absolute atomic E-state index is 0.286. The molecule has 8 aromatic heterocycles. The van der Waals surface area contributed by atoms with E-state index < -0.39 is 20.2 Å². The van der Waals surface area contributed by atoms with Gasteiger partial charge in [0, 0.05) is 82.9 Å². The van der Waals surface area contributed by atoms with E-state index >= 15 is 0 Å². The minimum Gasteiger partial charge on any atom is -0.497 e. The van der Waals surface area contributed by atoms with Gasteiger partial charge in [-0.3, -0.25) is 4.57 Å². The van der Waals surface area contributed by atoms with E-state index in [0.717, 1.165) is 62.1 Å². The molecule has 10 aromatic carbocycles. The van der Waals surface area contributed by atoms with E-state index in [4.69, 9.17) is 28.0 Å². The van der Waals surface area contributed by atoms with Crippen molar-refractivity contribution in [3.63, 3.8) is 0 Å². The number of aromatic nitrogens is 2. The number of ether oxygens (including phenoxy) is 4. The Labute approximate surface area is 832 Å². The maximum Gasteiger partial charge on any atom is 0.377 e. The van der Waals surface area contributed by atoms with Crippen LogP contribution in [0.5, 0.6) is 23.0 Å². The lowest BCUT2D eigenvalue weighted by Gasteiger charge is -2.38. The number of fused-ring (bicyclic) bond motifs is 6. The van der Waals surface area contributed by atoms with E-state index in [-0.39, 0.29) is 13.2 Å². The van der Waals surface area contributed by atoms with Crippen molar-refractivity contribution in [3.8, 4) is 103 Å². The number of nitrogens with zero attached hydrogens (tertiary/aromatic N) is 4. The molecule has 2 aliphatic rings. The Morgan fingerprint density at radius 2 is 0.559 bits per heavy atom. The highest BCUT2D eigenvalue weighted by atomic mass is 32.1. The summed E-state index contributed by atoms with van der Waals surface area (Å²) in [6.45, 7) is 40.5. The average Bonchev–Trinajstić information content (AvgIpc) is 1.51. The number of anilines is 6. The predicted molar refractivity (Wildman–Crippen MR) is 588 cm³/mol. The van der Waals surface area contributed by atoms with E-state index in [9.17, 15) is 4.57 Å². The molecule has 136 heavy (non-hydrogen) atoms. The topological polar surface area (TPSA) is 86.7 Å². The highest BCUT2D eigenvalue weighted by molar-refractivity contribution is 7.69. The normalized spacial score (nSPS) is 12.8. The maximum absolute atomic E-state index is 14.7. The van der Waals surface area contributed by atoms with Gasteiger partial charge in [-0.05, 0) is 304 Å². The lowest BCUT2D eigenvalue weighted by Crippen LogP contribution is -2.84. The van der Waals surface area contributed by atoms with Crippen LogP contribution in [-0.2, 0) is 13.6 Å². The summed E-state index contributed by atoms with van der Waals surface area (Å²) in [4.78, 5) is 20.1. The van der Waals surface area contributed by atoms with Gasteiger partial charge in [-0.2, -0.15) is 0 Å². The number of rotatable bonds is 25. The Morgan fingerprint density at radius 3 is 0.868 bits per heavy atom. The molecule has 22 heteroatoms. The van der Waals surface area contributed by atoms with Crippen molar-refractivity contribution in [1.82, 2.24) is 0 Å². The van der Waals surface area contributed by atoms with E-state index in [1.54, 1.807) is 39.8 Å². The summed E-state index contributed by atoms with van der Waals surface area (Å²) < 4.78 is 54.6. The fourth-order valence-corrected chi connectivity index (χ4v) is 34.3. The molecule has 0 bridgehead atoms. The van der Waals surface area contributed by atoms with Crippen molar-refractivity contribution in [2.75, 3.05) is 51.5 Å². The molecule has 0 radical (unpaired) electrons. The third-order valence-electron chi connectivity index (χ3n) is 27.2. The van der Waals surface area contributed by atoms with Crippen LogP contribution >= 0.6 is 98.3 Å². The number of thiophene rings is 6. The van der Waals surface area contributed by atoms with E-state index in [1.165, 1.54) is 196 Å². The minimum atomic E-state index is -3.62. The van der Waals surface area contributed by atoms with Crippen LogP contribution in [-0.4, -0.2) is 54.2 Å². The van der Waals surface area contributed by atoms with Gasteiger partial charge < -0.3 is 46.8 Å². The number of hydrogen-bond acceptors (Lipinski definition) is 17. The van der Waals surface area contributed by atoms with Gasteiger partial charge in [-0.25, -0.2) is 0 Å². The molecule has 0 N–H and O–H groups in total. The first-order chi connectivity index (χ1) is 65.5. The first-order valence-corrected chi connectivity index (χ1v) is 54.3. The molecule has 10 heterocycles. The number of aryl methyl sites for hydroxylation is 16. The number of hydrogen-bond donors (Lipinski definition) is 0. The predicted octanol–water partition coefficient (Wildman–Crippen LogP) is 28.2. The Hall–Kier alpha value is -11.3. The highest BCUT2D eigenvalue weighted by Crippen LogP contribution is 2.54. The van der Waals surface area contributed by atoms with Crippen LogP contribution in [0, 0.1) is 111 Å². The number of thiazole rings is 2. The zero-order valence-corrected chi connectivity index (χ0v) is 88.5. The molecule has 0 saturated carbocycles. The zero-order chi connectivity index (χ0) is 95.4. The second kappa shape index (κ2) is 37.6. The summed E-state index contributed by atoms with van der Waals surface area (Å²) in [5.74, 6) is 3.29. The Kier molecular flexibility index (Phi) is 25.9. The Balaban J connectivity index is 0.000000176. The first kappa shape index (κ1) is 93.7. The van der Waals surface area contributed by atoms with Gasteiger partial charge in [-0.15, -0.1) is 101 Å². The van der Waals surface area contributed by atoms with Crippen LogP contribution in [0.3, 0.4) is 0 Å². The first-order valence-electron chi connectivity index (χ1n) is 46.2. The Morgan fingerprint density at radius 1 is 0.294 bits per heavy atom. The van der Waals surface area contributed by atoms with Crippen molar-refractivity contribution in [2.45, 2.75) is 125 Å². The van der Waals surface area contributed by atoms with E-state index in [0.29, 0.717) is 4.62 Å². The smallest absolute Gasteiger partial charge is 0.377 e. The van der Waals surface area contributed by atoms with E-state index in [1.807, 2.05) is 142 Å². The molecular formula is C114H111B2N4O7PS8. The summed E-state index contributed by atoms with van der Waals surface area (Å²) >= 11 is 14.8. The standard InChI is InChI=1S/C59H60BN2O5PS4.C55H51BN2O2S4/c1-13-66-68(63,67-14-2)53-34-61-59(72-53)58-49(60(61,54-37(5)27-35(3)28-38(54)6)55-39(7)29-36(4)30-40(55)8)33-51(70-58)50-31-42(10)57(69-50)52-32-41(9)56(71-52)43-15-17-44(18-16-43)62(45-19-23-47(64-11)24-20-45)46-21-25-48(65-12)26-22-46;1-32-25-34(3)50(35(4)26-32)56(51-36(5)27-33(2)28-37(51)6)46-31-48(63-54(46)55-57(56)23-24-61-55)47-29-39(8)53(62-47)49-30-38(7)52(64-49)40-11-13-41(14-12-40)58(42-15-19-44(59-9)20-16-42)43-17-21-45(60-10)22-18-43/h15-34H,13-14H2,1-12H3;11-31H,1-10H3. The molecular weight excluding hydrogens is 1850 g/mol. The van der Waals surface area contributed by atoms with Gasteiger partial charge in [-0.1, -0.05) is 174 Å². The summed E-state index contributed by atoms with van der Waals surface area (Å²) in [6, 6.07) is 84.1. The summed E-state index contributed by atoms with van der Waals surface area (Å²) in [6.07, 6.45) is 1.15. The molecule has 0 fully saturated rings. The van der Waals surface area contributed by atoms with Crippen LogP contribution in [0.25, 0.3) is 79.7 Å². The summed E-state index contributed by atoms with van der Waals surface area (Å²) in [5, 5.41) is 4.74. The molecule has 0 atom stereocenters. The molecule has 2 aliphatic heterocycles. The largest absolute Gasteiger partial charge is 0.497 e. The van der Waals surface area contributed by atoms with Crippen molar-refractivity contribution in [1.29, 1.82) is 0 Å². The van der Waals surface area contributed by atoms with Crippen LogP contribution < -0.4 is 75.1 Å². The molecule has 0 spiro atoms. The quantitative estimate of drug-likeness (QED) is 0.0410. The fraction of sp³-hybridized carbons (Fsp3) is 0.211. The molecule has 18 aromatic rings. The van der Waals surface area contributed by atoms with Crippen LogP contribution in [0.15, 0.2) is 248 Å². The summed E-state index contributed by atoms with van der Waals surface area (Å²) in [5.41, 5.74) is 37.7. The van der Waals surface area contributed by atoms with Gasteiger partial charge in [0.2, 0.25) is 10.0 Å². The van der Waals surface area contributed by atoms with Gasteiger partial charge in [0.05, 0.1) is 56.8 Å². The van der Waals surface area contributed by atoms with E-state index in [2.05, 4.69) is 329 Å². The Bertz CT molecular complexity index is 7370. The van der Waals surface area contributed by atoms with Crippen molar-refractivity contribution >= 4 is 182 Å². The molecule has 20 rings (SSSR count). The summed E-state index contributed by atoms with van der Waals surface area (Å²) in [7, 11) is 3.17. The number of benzene rings is 10. The van der Waals surface area contributed by atoms with Crippen LogP contribution in [0.2, 0.25) is 0 Å². The lowest BCUT2D eigenvalue weighted by atomic mass is 9.23. The molecule has 0 amide bonds. The van der Waals surface area contributed by atoms with Crippen molar-refractivity contribution in [3.05, 3.63) is 337 Å². The maximum atomic E-state index is 14.7. The van der Waals surface area contributed by atoms with Crippen molar-refractivity contribution < 1.29 is 41.5 Å². The second-order valence-corrected chi connectivity index (χ2v) is 47.0. The fourth-order valence-electron chi connectivity index (χ4n) is 22.2. The SMILES string of the molecule is CCOP(=O)(OCC)c1c[n+]2c(s1)-c1sc(-c3cc(C)c(-c4cc(C)c(-c5ccc(N(c6ccc(OC)cc6)c6ccc(OC)cc6)cc5)s4)s3)cc1[B-]2(c1c(C)cc(C)cc1C)c1c(C)cc(C)cc1C.COc1ccc(N(c2ccc(OC)cc2)c2ccc(-c3sc(-c4sc(-c5cc6c(s5)-c5scc[n+]5[B-]6(c5c(C)cc(C)cc5C)c5c(C)cc(C)cc5C)cc4C)cc3C)cc2)cc1. The molecule has 688 valence electrons. The zero-order valence-electron chi connectivity index (χ0n) is 81.1. The lowest BCUT2D eigenvalue weighted by molar-refractivity contribution is -0.518.